The Morgan fingerprint density at radius 2 is 1.50 bits per heavy atom. The Kier molecular flexibility index (Phi) is 5.80. The highest BCUT2D eigenvalue weighted by atomic mass is 16.5. The first-order valence-electron chi connectivity index (χ1n) is 10.1. The lowest BCUT2D eigenvalue weighted by molar-refractivity contribution is -0.0714. The second-order valence-electron chi connectivity index (χ2n) is 8.30. The summed E-state index contributed by atoms with van der Waals surface area (Å²) in [5.74, 6) is 0.0503. The normalized spacial score (nSPS) is 13.8. The van der Waals surface area contributed by atoms with E-state index in [-0.39, 0.29) is 5.92 Å². The summed E-state index contributed by atoms with van der Waals surface area (Å²) in [5, 5.41) is 13.6. The molecule has 0 aromatic heterocycles. The summed E-state index contributed by atoms with van der Waals surface area (Å²) in [7, 11) is 0. The highest BCUT2D eigenvalue weighted by molar-refractivity contribution is 5.79. The zero-order valence-corrected chi connectivity index (χ0v) is 17.3. The molecule has 0 fully saturated rings. The number of amides is 1. The molecule has 0 aliphatic heterocycles. The van der Waals surface area contributed by atoms with Gasteiger partial charge >= 0.3 is 6.09 Å². The Morgan fingerprint density at radius 1 is 1.00 bits per heavy atom. The highest BCUT2D eigenvalue weighted by Gasteiger charge is 2.40. The molecule has 0 radical (unpaired) electrons. The summed E-state index contributed by atoms with van der Waals surface area (Å²) in [6, 6.07) is 16.6. The van der Waals surface area contributed by atoms with Gasteiger partial charge in [-0.05, 0) is 35.1 Å². The van der Waals surface area contributed by atoms with Crippen LogP contribution in [0.5, 0.6) is 0 Å². The van der Waals surface area contributed by atoms with Crippen LogP contribution in [-0.2, 0) is 4.74 Å². The van der Waals surface area contributed by atoms with E-state index in [1.807, 2.05) is 52.0 Å². The number of rotatable bonds is 7. The van der Waals surface area contributed by atoms with Crippen molar-refractivity contribution in [3.63, 3.8) is 0 Å². The minimum absolute atomic E-state index is 0.0503. The molecule has 2 aromatic rings. The molecule has 4 heteroatoms. The molecule has 3 rings (SSSR count). The second kappa shape index (κ2) is 7.96. The minimum atomic E-state index is -0.816. The number of alkyl carbamates (subject to hydrolysis) is 1. The van der Waals surface area contributed by atoms with Crippen LogP contribution in [-0.4, -0.2) is 30.0 Å². The van der Waals surface area contributed by atoms with Crippen LogP contribution in [0.2, 0.25) is 0 Å². The van der Waals surface area contributed by atoms with Gasteiger partial charge in [-0.15, -0.1) is 0 Å². The number of carbonyl (C=O) groups excluding carboxylic acids is 1. The predicted molar refractivity (Wildman–Crippen MR) is 112 cm³/mol. The lowest BCUT2D eigenvalue weighted by Gasteiger charge is -2.41. The summed E-state index contributed by atoms with van der Waals surface area (Å²) in [6.45, 7) is 8.55. The summed E-state index contributed by atoms with van der Waals surface area (Å²) in [5.41, 5.74) is 3.56. The average Bonchev–Trinajstić information content (AvgIpc) is 3.04. The molecule has 0 saturated carbocycles. The number of hydrogen-bond acceptors (Lipinski definition) is 3. The van der Waals surface area contributed by atoms with Crippen LogP contribution < -0.4 is 5.32 Å². The molecule has 2 N–H and O–H groups in total. The fourth-order valence-electron chi connectivity index (χ4n) is 4.31. The lowest BCUT2D eigenvalue weighted by atomic mass is 9.71. The Hall–Kier alpha value is -2.33. The van der Waals surface area contributed by atoms with Crippen LogP contribution in [0.15, 0.2) is 48.5 Å². The van der Waals surface area contributed by atoms with Crippen LogP contribution in [0.3, 0.4) is 0 Å². The van der Waals surface area contributed by atoms with Gasteiger partial charge in [0.15, 0.2) is 0 Å². The van der Waals surface area contributed by atoms with Gasteiger partial charge in [0.2, 0.25) is 0 Å². The first kappa shape index (κ1) is 20.4. The van der Waals surface area contributed by atoms with E-state index in [0.29, 0.717) is 26.0 Å². The molecule has 4 nitrogen and oxygen atoms in total. The number of carbonyl (C=O) groups is 1. The maximum absolute atomic E-state index is 12.4. The van der Waals surface area contributed by atoms with Gasteiger partial charge in [0.25, 0.3) is 0 Å². The van der Waals surface area contributed by atoms with Crippen molar-refractivity contribution in [3.05, 3.63) is 59.7 Å². The molecule has 1 aliphatic rings. The zero-order valence-electron chi connectivity index (χ0n) is 17.3. The predicted octanol–water partition coefficient (Wildman–Crippen LogP) is 5.10. The van der Waals surface area contributed by atoms with E-state index in [4.69, 9.17) is 4.74 Å². The topological polar surface area (TPSA) is 58.6 Å². The third kappa shape index (κ3) is 3.66. The quantitative estimate of drug-likeness (QED) is 0.701. The van der Waals surface area contributed by atoms with Gasteiger partial charge in [0, 0.05) is 17.9 Å². The summed E-state index contributed by atoms with van der Waals surface area (Å²) in [6.07, 6.45) is 0.843. The summed E-state index contributed by atoms with van der Waals surface area (Å²) < 4.78 is 5.58. The molecular weight excluding hydrogens is 350 g/mol. The second-order valence-corrected chi connectivity index (χ2v) is 8.30. The maximum atomic E-state index is 12.4. The summed E-state index contributed by atoms with van der Waals surface area (Å²) in [4.78, 5) is 12.4. The van der Waals surface area contributed by atoms with Crippen molar-refractivity contribution in [1.82, 2.24) is 5.32 Å². The van der Waals surface area contributed by atoms with Crippen molar-refractivity contribution in [2.75, 3.05) is 13.2 Å². The fourth-order valence-corrected chi connectivity index (χ4v) is 4.31. The third-order valence-electron chi connectivity index (χ3n) is 6.45. The van der Waals surface area contributed by atoms with Crippen molar-refractivity contribution >= 4 is 6.09 Å². The minimum Gasteiger partial charge on any atom is -0.449 e. The van der Waals surface area contributed by atoms with E-state index < -0.39 is 17.1 Å². The maximum Gasteiger partial charge on any atom is 0.407 e. The molecular formula is C24H31NO3. The molecule has 0 spiro atoms. The van der Waals surface area contributed by atoms with Crippen molar-refractivity contribution in [2.45, 2.75) is 52.1 Å². The molecule has 0 unspecified atom stereocenters. The van der Waals surface area contributed by atoms with Crippen molar-refractivity contribution < 1.29 is 14.6 Å². The average molecular weight is 382 g/mol. The number of fused-ring (bicyclic) bond motifs is 3. The van der Waals surface area contributed by atoms with Crippen LogP contribution in [0.25, 0.3) is 11.1 Å². The van der Waals surface area contributed by atoms with Gasteiger partial charge in [-0.3, -0.25) is 0 Å². The largest absolute Gasteiger partial charge is 0.449 e. The lowest BCUT2D eigenvalue weighted by Crippen LogP contribution is -2.50. The third-order valence-corrected chi connectivity index (χ3v) is 6.45. The van der Waals surface area contributed by atoms with E-state index in [9.17, 15) is 9.90 Å². The van der Waals surface area contributed by atoms with Gasteiger partial charge in [-0.2, -0.15) is 0 Å². The number of hydrogen-bond donors (Lipinski definition) is 2. The van der Waals surface area contributed by atoms with E-state index in [1.165, 1.54) is 22.3 Å². The van der Waals surface area contributed by atoms with E-state index in [2.05, 4.69) is 29.6 Å². The molecule has 1 amide bonds. The Bertz CT molecular complexity index is 794. The van der Waals surface area contributed by atoms with E-state index >= 15 is 0 Å². The van der Waals surface area contributed by atoms with Crippen molar-refractivity contribution in [3.8, 4) is 11.1 Å². The van der Waals surface area contributed by atoms with Crippen molar-refractivity contribution in [2.24, 2.45) is 5.41 Å². The molecule has 0 bridgehead atoms. The summed E-state index contributed by atoms with van der Waals surface area (Å²) >= 11 is 0. The molecule has 28 heavy (non-hydrogen) atoms. The smallest absolute Gasteiger partial charge is 0.407 e. The standard InChI is InChI=1S/C24H31NO3/c1-5-24(27,6-2)23(3,4)16-25-22(26)28-15-21-19-13-9-7-11-17(19)18-12-8-10-14-20(18)21/h7-14,21,27H,5-6,15-16H2,1-4H3,(H,25,26). The van der Waals surface area contributed by atoms with Gasteiger partial charge in [-0.1, -0.05) is 76.2 Å². The first-order valence-corrected chi connectivity index (χ1v) is 10.1. The van der Waals surface area contributed by atoms with Crippen LogP contribution in [0, 0.1) is 5.41 Å². The molecule has 150 valence electrons. The molecule has 0 atom stereocenters. The Morgan fingerprint density at radius 3 is 2.00 bits per heavy atom. The van der Waals surface area contributed by atoms with Crippen LogP contribution >= 0.6 is 0 Å². The van der Waals surface area contributed by atoms with Gasteiger partial charge in [0.05, 0.1) is 5.60 Å². The number of aliphatic hydroxyl groups is 1. The van der Waals surface area contributed by atoms with Crippen LogP contribution in [0.4, 0.5) is 4.79 Å². The van der Waals surface area contributed by atoms with Gasteiger partial charge in [0.1, 0.15) is 6.61 Å². The number of nitrogens with one attached hydrogen (secondary N) is 1. The highest BCUT2D eigenvalue weighted by Crippen LogP contribution is 2.44. The molecule has 2 aromatic carbocycles. The van der Waals surface area contributed by atoms with Gasteiger partial charge in [-0.25, -0.2) is 4.79 Å². The number of ether oxygens (including phenoxy) is 1. The van der Waals surface area contributed by atoms with E-state index in [0.717, 1.165) is 0 Å². The molecule has 1 aliphatic carbocycles. The fraction of sp³-hybridized carbons (Fsp3) is 0.458. The molecule has 0 heterocycles. The zero-order chi connectivity index (χ0) is 20.4. The monoisotopic (exact) mass is 381 g/mol. The molecule has 0 saturated heterocycles. The Labute approximate surface area is 167 Å². The van der Waals surface area contributed by atoms with Crippen molar-refractivity contribution in [1.29, 1.82) is 0 Å². The SMILES string of the molecule is CCC(O)(CC)C(C)(C)CNC(=O)OCC1c2ccccc2-c2ccccc21. The Balaban J connectivity index is 1.64. The first-order chi connectivity index (χ1) is 13.3. The van der Waals surface area contributed by atoms with Crippen LogP contribution in [0.1, 0.15) is 57.6 Å². The van der Waals surface area contributed by atoms with Gasteiger partial charge < -0.3 is 15.2 Å². The van der Waals surface area contributed by atoms with E-state index in [1.54, 1.807) is 0 Å². The number of benzene rings is 2.